The summed E-state index contributed by atoms with van der Waals surface area (Å²) in [4.78, 5) is 23.6. The van der Waals surface area contributed by atoms with Gasteiger partial charge in [-0.2, -0.15) is 0 Å². The largest absolute Gasteiger partial charge is 0.339 e. The topological polar surface area (TPSA) is 82.3 Å². The second kappa shape index (κ2) is 10.1. The van der Waals surface area contributed by atoms with Gasteiger partial charge in [-0.1, -0.05) is 53.0 Å². The first-order valence-electron chi connectivity index (χ1n) is 8.44. The Morgan fingerprint density at radius 2 is 1.48 bits per heavy atom. The minimum absolute atomic E-state index is 0.138. The summed E-state index contributed by atoms with van der Waals surface area (Å²) in [6.07, 6.45) is -1.08. The van der Waals surface area contributed by atoms with Crippen LogP contribution in [-0.4, -0.2) is 26.9 Å². The Morgan fingerprint density at radius 1 is 0.931 bits per heavy atom. The van der Waals surface area contributed by atoms with E-state index in [-0.39, 0.29) is 11.0 Å². The molecule has 0 saturated heterocycles. The molecule has 0 spiro atoms. The van der Waals surface area contributed by atoms with Gasteiger partial charge in [-0.05, 0) is 55.0 Å². The number of nitrogens with one attached hydrogen (secondary N) is 4. The molecule has 1 atom stereocenters. The molecule has 29 heavy (non-hydrogen) atoms. The van der Waals surface area contributed by atoms with E-state index in [1.807, 2.05) is 19.1 Å². The van der Waals surface area contributed by atoms with Gasteiger partial charge >= 0.3 is 0 Å². The Bertz CT molecular complexity index is 901. The van der Waals surface area contributed by atoms with Crippen molar-refractivity contribution in [3.05, 3.63) is 59.7 Å². The number of alkyl halides is 3. The Morgan fingerprint density at radius 3 is 2.00 bits per heavy atom. The number of hydrogen-bond acceptors (Lipinski definition) is 3. The number of carbonyl (C=O) groups excluding carboxylic acids is 2. The summed E-state index contributed by atoms with van der Waals surface area (Å²) in [6.45, 7) is 3.23. The standard InChI is InChI=1S/C19H19Cl3N4O2S/c1-11-5-3-4-6-15(11)16(28)25-17(19(20,21)22)26-18(29)24-14-9-7-13(8-10-14)23-12(2)27/h3-10,17H,1-2H3,(H,23,27)(H,25,28)(H2,24,26,29). The number of rotatable bonds is 5. The van der Waals surface area contributed by atoms with Crippen LogP contribution in [0.4, 0.5) is 11.4 Å². The lowest BCUT2D eigenvalue weighted by molar-refractivity contribution is -0.114. The zero-order chi connectivity index (χ0) is 21.6. The van der Waals surface area contributed by atoms with Crippen molar-refractivity contribution < 1.29 is 9.59 Å². The zero-order valence-electron chi connectivity index (χ0n) is 15.6. The second-order valence-corrected chi connectivity index (χ2v) is 8.90. The third kappa shape index (κ3) is 7.36. The van der Waals surface area contributed by atoms with Gasteiger partial charge in [0.1, 0.15) is 6.17 Å². The molecule has 2 rings (SSSR count). The van der Waals surface area contributed by atoms with Gasteiger partial charge in [0.2, 0.25) is 9.70 Å². The van der Waals surface area contributed by atoms with Crippen molar-refractivity contribution in [2.24, 2.45) is 0 Å². The Balaban J connectivity index is 2.04. The predicted molar refractivity (Wildman–Crippen MR) is 123 cm³/mol. The summed E-state index contributed by atoms with van der Waals surface area (Å²) in [5.41, 5.74) is 2.53. The van der Waals surface area contributed by atoms with Crippen molar-refractivity contribution in [2.75, 3.05) is 10.6 Å². The molecule has 2 aromatic rings. The highest BCUT2D eigenvalue weighted by molar-refractivity contribution is 7.80. The number of amides is 2. The Labute approximate surface area is 189 Å². The average molecular weight is 474 g/mol. The van der Waals surface area contributed by atoms with E-state index >= 15 is 0 Å². The van der Waals surface area contributed by atoms with Gasteiger partial charge in [-0.25, -0.2) is 0 Å². The third-order valence-electron chi connectivity index (χ3n) is 3.73. The number of aryl methyl sites for hydroxylation is 1. The van der Waals surface area contributed by atoms with E-state index in [0.29, 0.717) is 16.9 Å². The van der Waals surface area contributed by atoms with E-state index in [1.165, 1.54) is 6.92 Å². The highest BCUT2D eigenvalue weighted by atomic mass is 35.6. The lowest BCUT2D eigenvalue weighted by Gasteiger charge is -2.28. The van der Waals surface area contributed by atoms with Gasteiger partial charge in [0, 0.05) is 23.9 Å². The first-order chi connectivity index (χ1) is 13.6. The summed E-state index contributed by atoms with van der Waals surface area (Å²) in [7, 11) is 0. The molecule has 0 bridgehead atoms. The highest BCUT2D eigenvalue weighted by Gasteiger charge is 2.35. The fourth-order valence-electron chi connectivity index (χ4n) is 2.37. The van der Waals surface area contributed by atoms with E-state index in [4.69, 9.17) is 47.0 Å². The van der Waals surface area contributed by atoms with Crippen LogP contribution in [0.3, 0.4) is 0 Å². The fraction of sp³-hybridized carbons (Fsp3) is 0.211. The number of carbonyl (C=O) groups is 2. The molecule has 2 aromatic carbocycles. The molecule has 0 aliphatic carbocycles. The van der Waals surface area contributed by atoms with Crippen LogP contribution in [0.2, 0.25) is 0 Å². The van der Waals surface area contributed by atoms with Gasteiger partial charge in [0.25, 0.3) is 5.91 Å². The molecule has 1 unspecified atom stereocenters. The van der Waals surface area contributed by atoms with Crippen LogP contribution >= 0.6 is 47.0 Å². The maximum atomic E-state index is 12.6. The molecule has 6 nitrogen and oxygen atoms in total. The van der Waals surface area contributed by atoms with E-state index < -0.39 is 15.9 Å². The number of anilines is 2. The summed E-state index contributed by atoms with van der Waals surface area (Å²) in [5.74, 6) is -0.577. The molecule has 4 N–H and O–H groups in total. The van der Waals surface area contributed by atoms with Crippen LogP contribution in [0, 0.1) is 6.92 Å². The second-order valence-electron chi connectivity index (χ2n) is 6.12. The summed E-state index contributed by atoms with van der Waals surface area (Å²) >= 11 is 23.3. The summed E-state index contributed by atoms with van der Waals surface area (Å²) in [5, 5.41) is 11.2. The van der Waals surface area contributed by atoms with Crippen molar-refractivity contribution in [1.29, 1.82) is 0 Å². The summed E-state index contributed by atoms with van der Waals surface area (Å²) < 4.78 is -1.86. The molecule has 0 saturated carbocycles. The predicted octanol–water partition coefficient (Wildman–Crippen LogP) is 4.37. The normalized spacial score (nSPS) is 11.9. The van der Waals surface area contributed by atoms with Crippen molar-refractivity contribution in [3.63, 3.8) is 0 Å². The molecule has 0 aliphatic heterocycles. The molecule has 154 valence electrons. The highest BCUT2D eigenvalue weighted by Crippen LogP contribution is 2.29. The van der Waals surface area contributed by atoms with Crippen LogP contribution in [-0.2, 0) is 4.79 Å². The van der Waals surface area contributed by atoms with Crippen LogP contribution in [0.5, 0.6) is 0 Å². The van der Waals surface area contributed by atoms with Crippen molar-refractivity contribution in [3.8, 4) is 0 Å². The molecular formula is C19H19Cl3N4O2S. The van der Waals surface area contributed by atoms with Crippen molar-refractivity contribution in [1.82, 2.24) is 10.6 Å². The van der Waals surface area contributed by atoms with Gasteiger partial charge in [-0.3, -0.25) is 9.59 Å². The number of benzene rings is 2. The first-order valence-corrected chi connectivity index (χ1v) is 9.99. The molecule has 0 aliphatic rings. The maximum Gasteiger partial charge on any atom is 0.253 e. The smallest absolute Gasteiger partial charge is 0.253 e. The van der Waals surface area contributed by atoms with E-state index in [2.05, 4.69) is 21.3 Å². The van der Waals surface area contributed by atoms with Gasteiger partial charge in [-0.15, -0.1) is 0 Å². The third-order valence-corrected chi connectivity index (χ3v) is 4.61. The summed E-state index contributed by atoms with van der Waals surface area (Å²) in [6, 6.07) is 13.9. The molecule has 10 heteroatoms. The monoisotopic (exact) mass is 472 g/mol. The Kier molecular flexibility index (Phi) is 8.10. The lowest BCUT2D eigenvalue weighted by Crippen LogP contribution is -2.56. The van der Waals surface area contributed by atoms with E-state index in [1.54, 1.807) is 36.4 Å². The molecule has 0 heterocycles. The lowest BCUT2D eigenvalue weighted by atomic mass is 10.1. The van der Waals surface area contributed by atoms with E-state index in [0.717, 1.165) is 5.56 Å². The fourth-order valence-corrected chi connectivity index (χ4v) is 2.94. The average Bonchev–Trinajstić information content (AvgIpc) is 2.62. The number of halogens is 3. The molecule has 0 radical (unpaired) electrons. The van der Waals surface area contributed by atoms with Crippen LogP contribution < -0.4 is 21.3 Å². The minimum atomic E-state index is -1.86. The number of thiocarbonyl (C=S) groups is 1. The van der Waals surface area contributed by atoms with Gasteiger partial charge in [0.15, 0.2) is 5.11 Å². The zero-order valence-corrected chi connectivity index (χ0v) is 18.6. The van der Waals surface area contributed by atoms with Crippen LogP contribution in [0.25, 0.3) is 0 Å². The number of hydrogen-bond donors (Lipinski definition) is 4. The Hall–Kier alpha value is -2.06. The van der Waals surface area contributed by atoms with Crippen molar-refractivity contribution in [2.45, 2.75) is 23.8 Å². The molecular weight excluding hydrogens is 455 g/mol. The maximum absolute atomic E-state index is 12.6. The van der Waals surface area contributed by atoms with Gasteiger partial charge in [0.05, 0.1) is 0 Å². The van der Waals surface area contributed by atoms with Crippen LogP contribution in [0.1, 0.15) is 22.8 Å². The van der Waals surface area contributed by atoms with Gasteiger partial charge < -0.3 is 21.3 Å². The molecule has 0 fully saturated rings. The quantitative estimate of drug-likeness (QED) is 0.295. The van der Waals surface area contributed by atoms with E-state index in [9.17, 15) is 9.59 Å². The van der Waals surface area contributed by atoms with Crippen molar-refractivity contribution >= 4 is 75.3 Å². The first kappa shape index (κ1) is 23.2. The molecule has 2 amide bonds. The SMILES string of the molecule is CC(=O)Nc1ccc(NC(=S)NC(NC(=O)c2ccccc2C)C(Cl)(Cl)Cl)cc1. The minimum Gasteiger partial charge on any atom is -0.339 e. The van der Waals surface area contributed by atoms with Crippen LogP contribution in [0.15, 0.2) is 48.5 Å². The molecule has 0 aromatic heterocycles.